The van der Waals surface area contributed by atoms with Crippen LogP contribution in [-0.2, 0) is 19.6 Å². The minimum absolute atomic E-state index is 0.0260. The van der Waals surface area contributed by atoms with E-state index in [0.29, 0.717) is 34.4 Å². The Morgan fingerprint density at radius 1 is 0.926 bits per heavy atom. The molecule has 1 amide bonds. The molecule has 0 bridgehead atoms. The summed E-state index contributed by atoms with van der Waals surface area (Å²) < 4.78 is 80.2. The molecule has 5 aromatic rings. The standard InChI is InChI=1S/C39H42F3N3O6S3/c1-38(2,3)19-20-45(54(49,50)27-15-16-33-29(21-27)43-24-52-33)30(23-46)34-18-17-32(53-34)28(39(40,41)42)22-31(47)36(44-37(48)51-4)35(25-11-7-5-8-12-25)26-13-9-6-10-14-26/h5-18,21,24,28,30,35-36,46H,19-20,22-23H2,1-4H3,(H,44,48)/t28-,30-,36-/m1/s1. The number of amides is 1. The molecule has 0 aliphatic heterocycles. The maximum absolute atomic E-state index is 15.0. The van der Waals surface area contributed by atoms with Crippen LogP contribution < -0.4 is 5.32 Å². The second-order valence-electron chi connectivity index (χ2n) is 14.0. The molecule has 0 aliphatic rings. The summed E-state index contributed by atoms with van der Waals surface area (Å²) in [7, 11) is -3.18. The first-order chi connectivity index (χ1) is 25.5. The van der Waals surface area contributed by atoms with Crippen molar-refractivity contribution in [3.63, 3.8) is 0 Å². The largest absolute Gasteiger partial charge is 0.453 e. The Morgan fingerprint density at radius 3 is 2.09 bits per heavy atom. The number of methoxy groups -OCH3 is 1. The van der Waals surface area contributed by atoms with Gasteiger partial charge in [0.2, 0.25) is 10.0 Å². The number of rotatable bonds is 15. The quantitative estimate of drug-likeness (QED) is 0.109. The van der Waals surface area contributed by atoms with Gasteiger partial charge in [0, 0.05) is 28.6 Å². The number of sulfonamides is 1. The van der Waals surface area contributed by atoms with Crippen LogP contribution in [0.15, 0.2) is 101 Å². The van der Waals surface area contributed by atoms with Gasteiger partial charge in [0.15, 0.2) is 5.78 Å². The van der Waals surface area contributed by atoms with E-state index in [1.165, 1.54) is 35.6 Å². The Hall–Kier alpha value is -4.15. The van der Waals surface area contributed by atoms with Gasteiger partial charge in [-0.15, -0.1) is 22.7 Å². The Bertz CT molecular complexity index is 2090. The van der Waals surface area contributed by atoms with Crippen molar-refractivity contribution in [1.29, 1.82) is 0 Å². The van der Waals surface area contributed by atoms with Crippen molar-refractivity contribution >= 4 is 54.8 Å². The van der Waals surface area contributed by atoms with Gasteiger partial charge in [-0.05, 0) is 53.3 Å². The number of benzene rings is 3. The zero-order chi connectivity index (χ0) is 39.3. The smallest absolute Gasteiger partial charge is 0.407 e. The predicted molar refractivity (Wildman–Crippen MR) is 204 cm³/mol. The number of halogens is 3. The van der Waals surface area contributed by atoms with E-state index in [9.17, 15) is 23.1 Å². The molecule has 3 aromatic carbocycles. The van der Waals surface area contributed by atoms with Crippen LogP contribution in [0, 0.1) is 5.41 Å². The fourth-order valence-electron chi connectivity index (χ4n) is 6.22. The lowest BCUT2D eigenvalue weighted by Crippen LogP contribution is -2.46. The van der Waals surface area contributed by atoms with Crippen molar-refractivity contribution < 1.29 is 41.0 Å². The zero-order valence-electron chi connectivity index (χ0n) is 30.1. The van der Waals surface area contributed by atoms with Gasteiger partial charge in [-0.25, -0.2) is 18.2 Å². The second kappa shape index (κ2) is 17.1. The van der Waals surface area contributed by atoms with Gasteiger partial charge in [-0.1, -0.05) is 81.4 Å². The highest BCUT2D eigenvalue weighted by molar-refractivity contribution is 7.89. The van der Waals surface area contributed by atoms with E-state index >= 15 is 13.2 Å². The molecule has 15 heteroatoms. The molecule has 288 valence electrons. The predicted octanol–water partition coefficient (Wildman–Crippen LogP) is 8.68. The van der Waals surface area contributed by atoms with Crippen LogP contribution in [0.2, 0.25) is 0 Å². The number of thiophene rings is 1. The monoisotopic (exact) mass is 801 g/mol. The number of aromatic nitrogens is 1. The molecule has 5 rings (SSSR count). The molecular weight excluding hydrogens is 760 g/mol. The van der Waals surface area contributed by atoms with Gasteiger partial charge in [0.05, 0.1) is 46.3 Å². The van der Waals surface area contributed by atoms with Crippen LogP contribution in [0.25, 0.3) is 10.2 Å². The lowest BCUT2D eigenvalue weighted by molar-refractivity contribution is -0.156. The Labute approximate surface area is 320 Å². The summed E-state index contributed by atoms with van der Waals surface area (Å²) in [6.45, 7) is 5.07. The first kappa shape index (κ1) is 41.0. The summed E-state index contributed by atoms with van der Waals surface area (Å²) in [6.07, 6.45) is -6.53. The zero-order valence-corrected chi connectivity index (χ0v) is 32.6. The van der Waals surface area contributed by atoms with Crippen LogP contribution in [0.4, 0.5) is 18.0 Å². The summed E-state index contributed by atoms with van der Waals surface area (Å²) in [4.78, 5) is 30.9. The first-order valence-electron chi connectivity index (χ1n) is 17.1. The van der Waals surface area contributed by atoms with Crippen LogP contribution in [0.3, 0.4) is 0 Å². The van der Waals surface area contributed by atoms with E-state index in [1.54, 1.807) is 72.2 Å². The van der Waals surface area contributed by atoms with Crippen molar-refractivity contribution in [3.05, 3.63) is 117 Å². The molecule has 2 aromatic heterocycles. The minimum Gasteiger partial charge on any atom is -0.453 e. The lowest BCUT2D eigenvalue weighted by Gasteiger charge is -2.32. The number of carbonyl (C=O) groups excluding carboxylic acids is 2. The maximum atomic E-state index is 15.0. The SMILES string of the molecule is COC(=O)N[C@H](C(=O)C[C@H](c1ccc([C@@H](CO)N(CCC(C)(C)C)S(=O)(=O)c2ccc3scnc3c2)s1)C(F)(F)F)C(c1ccccc1)c1ccccc1. The number of Topliss-reactive ketones (excluding diaryl/α,β-unsaturated/α-hetero) is 1. The number of ether oxygens (including phenoxy) is 1. The fourth-order valence-corrected chi connectivity index (χ4v) is 9.81. The van der Waals surface area contributed by atoms with E-state index in [1.807, 2.05) is 20.8 Å². The van der Waals surface area contributed by atoms with Crippen molar-refractivity contribution in [1.82, 2.24) is 14.6 Å². The average molecular weight is 802 g/mol. The molecule has 3 atom stereocenters. The normalized spacial score (nSPS) is 14.3. The average Bonchev–Trinajstić information content (AvgIpc) is 3.81. The molecule has 0 radical (unpaired) electrons. The Morgan fingerprint density at radius 2 is 1.54 bits per heavy atom. The molecule has 0 spiro atoms. The third-order valence-electron chi connectivity index (χ3n) is 9.09. The number of alkyl halides is 3. The minimum atomic E-state index is -4.90. The number of nitrogens with one attached hydrogen (secondary N) is 1. The van der Waals surface area contributed by atoms with Gasteiger partial charge in [-0.2, -0.15) is 17.5 Å². The highest BCUT2D eigenvalue weighted by Crippen LogP contribution is 2.44. The Balaban J connectivity index is 1.52. The highest BCUT2D eigenvalue weighted by Gasteiger charge is 2.46. The number of nitrogens with zero attached hydrogens (tertiary/aromatic N) is 2. The summed E-state index contributed by atoms with van der Waals surface area (Å²) in [5.41, 5.74) is 2.95. The number of thiazole rings is 1. The van der Waals surface area contributed by atoms with E-state index < -0.39 is 65.0 Å². The number of fused-ring (bicyclic) bond motifs is 1. The number of ketones is 1. The molecule has 0 saturated heterocycles. The van der Waals surface area contributed by atoms with Crippen LogP contribution in [-0.4, -0.2) is 67.2 Å². The van der Waals surface area contributed by atoms with Crippen molar-refractivity contribution in [3.8, 4) is 0 Å². The molecule has 9 nitrogen and oxygen atoms in total. The summed E-state index contributed by atoms with van der Waals surface area (Å²) >= 11 is 2.04. The summed E-state index contributed by atoms with van der Waals surface area (Å²) in [5, 5.41) is 13.2. The van der Waals surface area contributed by atoms with Crippen molar-refractivity contribution in [2.45, 2.75) is 68.6 Å². The van der Waals surface area contributed by atoms with E-state index in [4.69, 9.17) is 4.74 Å². The van der Waals surface area contributed by atoms with Crippen LogP contribution >= 0.6 is 22.7 Å². The first-order valence-corrected chi connectivity index (χ1v) is 20.3. The fraction of sp³-hybridized carbons (Fsp3) is 0.359. The van der Waals surface area contributed by atoms with Crippen molar-refractivity contribution in [2.24, 2.45) is 5.41 Å². The third-order valence-corrected chi connectivity index (χ3v) is 13.1. The summed E-state index contributed by atoms with van der Waals surface area (Å²) in [6, 6.07) is 21.8. The molecule has 0 saturated carbocycles. The number of alkyl carbamates (subject to hydrolysis) is 1. The number of hydrogen-bond donors (Lipinski definition) is 2. The number of carbonyl (C=O) groups is 2. The summed E-state index contributed by atoms with van der Waals surface area (Å²) in [5.74, 6) is -4.04. The van der Waals surface area contributed by atoms with Crippen molar-refractivity contribution in [2.75, 3.05) is 20.3 Å². The van der Waals surface area contributed by atoms with Gasteiger partial charge < -0.3 is 15.2 Å². The van der Waals surface area contributed by atoms with Crippen LogP contribution in [0.1, 0.15) is 72.4 Å². The molecular formula is C39H42F3N3O6S3. The Kier molecular flexibility index (Phi) is 13.0. The lowest BCUT2D eigenvalue weighted by atomic mass is 9.81. The third kappa shape index (κ3) is 9.74. The topological polar surface area (TPSA) is 126 Å². The number of aliphatic hydroxyl groups is 1. The van der Waals surface area contributed by atoms with Gasteiger partial charge in [0.25, 0.3) is 0 Å². The van der Waals surface area contributed by atoms with E-state index in [2.05, 4.69) is 10.3 Å². The molecule has 0 unspecified atom stereocenters. The molecule has 2 heterocycles. The molecule has 2 N–H and O–H groups in total. The van der Waals surface area contributed by atoms with Gasteiger partial charge in [0.1, 0.15) is 6.04 Å². The van der Waals surface area contributed by atoms with E-state index in [-0.39, 0.29) is 26.6 Å². The highest BCUT2D eigenvalue weighted by atomic mass is 32.2. The molecule has 54 heavy (non-hydrogen) atoms. The second-order valence-corrected chi connectivity index (χ2v) is 17.9. The van der Waals surface area contributed by atoms with E-state index in [0.717, 1.165) is 16.1 Å². The van der Waals surface area contributed by atoms with Gasteiger partial charge >= 0.3 is 12.3 Å². The number of aliphatic hydroxyl groups excluding tert-OH is 1. The number of hydrogen-bond acceptors (Lipinski definition) is 9. The molecule has 0 aliphatic carbocycles. The maximum Gasteiger partial charge on any atom is 0.407 e. The van der Waals surface area contributed by atoms with Gasteiger partial charge in [-0.3, -0.25) is 4.79 Å². The van der Waals surface area contributed by atoms with Crippen LogP contribution in [0.5, 0.6) is 0 Å². The molecule has 0 fully saturated rings.